The number of alkyl halides is 2. The number of likely N-dealkylation sites (N-methyl/N-ethyl adjacent to an activating group) is 1. The maximum Gasteiger partial charge on any atom is 0.387 e. The fraction of sp³-hybridized carbons (Fsp3) is 0.391. The highest BCUT2D eigenvalue weighted by Crippen LogP contribution is 2.45. The van der Waals surface area contributed by atoms with E-state index in [9.17, 15) is 18.4 Å². The number of benzene rings is 2. The molecule has 0 aromatic heterocycles. The smallest absolute Gasteiger partial charge is 0.387 e. The van der Waals surface area contributed by atoms with Crippen molar-refractivity contribution in [3.63, 3.8) is 0 Å². The maximum absolute atomic E-state index is 13.5. The van der Waals surface area contributed by atoms with E-state index in [0.717, 1.165) is 24.1 Å². The molecule has 1 saturated carbocycles. The Labute approximate surface area is 179 Å². The first-order valence-corrected chi connectivity index (χ1v) is 10.3. The Hall–Kier alpha value is -3.00. The molecular formula is C23H25F2N3O3. The number of nitrogens with zero attached hydrogens (tertiary/aromatic N) is 2. The van der Waals surface area contributed by atoms with E-state index in [0.29, 0.717) is 25.1 Å². The Morgan fingerprint density at radius 2 is 1.94 bits per heavy atom. The third-order valence-electron chi connectivity index (χ3n) is 5.91. The third kappa shape index (κ3) is 4.25. The molecule has 6 nitrogen and oxygen atoms in total. The van der Waals surface area contributed by atoms with Gasteiger partial charge in [0.25, 0.3) is 5.91 Å². The number of para-hydroxylation sites is 2. The van der Waals surface area contributed by atoms with Crippen LogP contribution in [-0.4, -0.2) is 42.5 Å². The Kier molecular flexibility index (Phi) is 5.91. The second-order valence-electron chi connectivity index (χ2n) is 8.14. The topological polar surface area (TPSA) is 61.9 Å². The van der Waals surface area contributed by atoms with Crippen molar-refractivity contribution in [3.8, 4) is 5.75 Å². The van der Waals surface area contributed by atoms with Crippen molar-refractivity contribution in [2.24, 2.45) is 0 Å². The summed E-state index contributed by atoms with van der Waals surface area (Å²) in [6.07, 6.45) is 3.06. The summed E-state index contributed by atoms with van der Waals surface area (Å²) in [7, 11) is 1.79. The zero-order valence-electron chi connectivity index (χ0n) is 17.3. The molecule has 0 unspecified atom stereocenters. The molecule has 1 aliphatic carbocycles. The predicted octanol–water partition coefficient (Wildman–Crippen LogP) is 4.02. The van der Waals surface area contributed by atoms with Crippen molar-refractivity contribution in [3.05, 3.63) is 54.1 Å². The monoisotopic (exact) mass is 429 g/mol. The van der Waals surface area contributed by atoms with E-state index in [-0.39, 0.29) is 24.1 Å². The number of rotatable bonds is 6. The third-order valence-corrected chi connectivity index (χ3v) is 5.91. The van der Waals surface area contributed by atoms with E-state index in [4.69, 9.17) is 0 Å². The second kappa shape index (κ2) is 8.63. The lowest BCUT2D eigenvalue weighted by atomic mass is 9.89. The molecule has 4 rings (SSSR count). The van der Waals surface area contributed by atoms with Gasteiger partial charge < -0.3 is 10.1 Å². The summed E-state index contributed by atoms with van der Waals surface area (Å²) in [5.74, 6) is -0.206. The van der Waals surface area contributed by atoms with Crippen molar-refractivity contribution >= 4 is 23.2 Å². The molecule has 0 bridgehead atoms. The first kappa shape index (κ1) is 21.2. The molecule has 1 fully saturated rings. The standard InChI is InChI=1S/C23H25F2N3O3/c1-27(14-16-7-6-8-17(13-16)31-22(24)25)15-20(29)28-19-10-3-2-9-18(19)26-21(30)23(28)11-4-5-12-23/h2-3,6-10,13,22H,4-5,11-12,14-15H2,1H3,(H,26,30). The van der Waals surface area contributed by atoms with Gasteiger partial charge in [0.15, 0.2) is 0 Å². The van der Waals surface area contributed by atoms with Crippen LogP contribution in [0.2, 0.25) is 0 Å². The minimum absolute atomic E-state index is 0.0822. The van der Waals surface area contributed by atoms with E-state index >= 15 is 0 Å². The molecule has 31 heavy (non-hydrogen) atoms. The quantitative estimate of drug-likeness (QED) is 0.754. The summed E-state index contributed by atoms with van der Waals surface area (Å²) in [6, 6.07) is 13.8. The first-order valence-electron chi connectivity index (χ1n) is 10.3. The van der Waals surface area contributed by atoms with Gasteiger partial charge in [-0.05, 0) is 49.7 Å². The first-order chi connectivity index (χ1) is 14.9. The normalized spacial score (nSPS) is 17.2. The molecule has 2 aliphatic rings. The molecule has 164 valence electrons. The van der Waals surface area contributed by atoms with E-state index in [1.54, 1.807) is 30.1 Å². The van der Waals surface area contributed by atoms with Crippen LogP contribution in [0.5, 0.6) is 5.75 Å². The van der Waals surface area contributed by atoms with Crippen molar-refractivity contribution in [1.29, 1.82) is 0 Å². The van der Waals surface area contributed by atoms with Crippen LogP contribution in [0.15, 0.2) is 48.5 Å². The number of halogens is 2. The van der Waals surface area contributed by atoms with E-state index in [2.05, 4.69) is 10.1 Å². The Bertz CT molecular complexity index is 976. The molecule has 0 atom stereocenters. The number of anilines is 2. The van der Waals surface area contributed by atoms with Gasteiger partial charge in [-0.25, -0.2) is 0 Å². The summed E-state index contributed by atoms with van der Waals surface area (Å²) in [5.41, 5.74) is 1.26. The Morgan fingerprint density at radius 1 is 1.19 bits per heavy atom. The van der Waals surface area contributed by atoms with Gasteiger partial charge in [-0.1, -0.05) is 37.1 Å². The lowest BCUT2D eigenvalue weighted by Crippen LogP contribution is -2.62. The van der Waals surface area contributed by atoms with Crippen LogP contribution >= 0.6 is 0 Å². The van der Waals surface area contributed by atoms with Crippen LogP contribution in [0, 0.1) is 0 Å². The number of amides is 2. The zero-order valence-corrected chi connectivity index (χ0v) is 17.3. The summed E-state index contributed by atoms with van der Waals surface area (Å²) in [4.78, 5) is 30.0. The van der Waals surface area contributed by atoms with Crippen molar-refractivity contribution < 1.29 is 23.1 Å². The highest BCUT2D eigenvalue weighted by molar-refractivity contribution is 6.15. The zero-order chi connectivity index (χ0) is 22.0. The highest BCUT2D eigenvalue weighted by atomic mass is 19.3. The number of hydrogen-bond acceptors (Lipinski definition) is 4. The van der Waals surface area contributed by atoms with Crippen LogP contribution in [0.3, 0.4) is 0 Å². The fourth-order valence-corrected chi connectivity index (χ4v) is 4.62. The number of hydrogen-bond donors (Lipinski definition) is 1. The van der Waals surface area contributed by atoms with Crippen molar-refractivity contribution in [2.45, 2.75) is 44.4 Å². The van der Waals surface area contributed by atoms with Gasteiger partial charge in [0, 0.05) is 6.54 Å². The number of carbonyl (C=O) groups excluding carboxylic acids is 2. The van der Waals surface area contributed by atoms with Crippen molar-refractivity contribution in [2.75, 3.05) is 23.8 Å². The minimum atomic E-state index is -2.89. The van der Waals surface area contributed by atoms with Crippen LogP contribution in [0.1, 0.15) is 31.2 Å². The Morgan fingerprint density at radius 3 is 2.68 bits per heavy atom. The molecule has 2 amide bonds. The average molecular weight is 429 g/mol. The predicted molar refractivity (Wildman–Crippen MR) is 113 cm³/mol. The van der Waals surface area contributed by atoms with Gasteiger partial charge in [-0.2, -0.15) is 8.78 Å². The van der Waals surface area contributed by atoms with Gasteiger partial charge in [0.1, 0.15) is 11.3 Å². The lowest BCUT2D eigenvalue weighted by molar-refractivity contribution is -0.127. The van der Waals surface area contributed by atoms with Gasteiger partial charge >= 0.3 is 6.61 Å². The number of ether oxygens (including phenoxy) is 1. The SMILES string of the molecule is CN(CC(=O)N1c2ccccc2NC(=O)C12CCCC2)Cc1cccc(OC(F)F)c1. The van der Waals surface area contributed by atoms with Crippen LogP contribution < -0.4 is 15.0 Å². The number of fused-ring (bicyclic) bond motifs is 1. The summed E-state index contributed by atoms with van der Waals surface area (Å²) in [5, 5.41) is 2.97. The van der Waals surface area contributed by atoms with Gasteiger partial charge in [0.2, 0.25) is 5.91 Å². The minimum Gasteiger partial charge on any atom is -0.435 e. The summed E-state index contributed by atoms with van der Waals surface area (Å²) < 4.78 is 29.4. The molecule has 8 heteroatoms. The number of carbonyl (C=O) groups is 2. The number of nitrogens with one attached hydrogen (secondary N) is 1. The van der Waals surface area contributed by atoms with Gasteiger partial charge in [-0.3, -0.25) is 19.4 Å². The van der Waals surface area contributed by atoms with E-state index in [1.165, 1.54) is 12.1 Å². The van der Waals surface area contributed by atoms with Gasteiger partial charge in [-0.15, -0.1) is 0 Å². The molecule has 0 radical (unpaired) electrons. The maximum atomic E-state index is 13.5. The molecule has 1 N–H and O–H groups in total. The molecule has 1 spiro atoms. The van der Waals surface area contributed by atoms with Crippen LogP contribution in [-0.2, 0) is 16.1 Å². The fourth-order valence-electron chi connectivity index (χ4n) is 4.62. The average Bonchev–Trinajstić information content (AvgIpc) is 3.19. The lowest BCUT2D eigenvalue weighted by Gasteiger charge is -2.44. The summed E-state index contributed by atoms with van der Waals surface area (Å²) >= 11 is 0. The molecular weight excluding hydrogens is 404 g/mol. The Balaban J connectivity index is 1.53. The molecule has 1 heterocycles. The largest absolute Gasteiger partial charge is 0.435 e. The highest BCUT2D eigenvalue weighted by Gasteiger charge is 2.52. The van der Waals surface area contributed by atoms with E-state index in [1.807, 2.05) is 23.1 Å². The van der Waals surface area contributed by atoms with E-state index < -0.39 is 12.2 Å². The van der Waals surface area contributed by atoms with Crippen LogP contribution in [0.4, 0.5) is 20.2 Å². The van der Waals surface area contributed by atoms with Crippen molar-refractivity contribution in [1.82, 2.24) is 4.90 Å². The molecule has 0 saturated heterocycles. The van der Waals surface area contributed by atoms with Crippen LogP contribution in [0.25, 0.3) is 0 Å². The second-order valence-corrected chi connectivity index (χ2v) is 8.14. The van der Waals surface area contributed by atoms with Gasteiger partial charge in [0.05, 0.1) is 17.9 Å². The molecule has 2 aromatic rings. The summed E-state index contributed by atoms with van der Waals surface area (Å²) in [6.45, 7) is -2.42. The molecule has 1 aliphatic heterocycles. The molecule has 2 aromatic carbocycles.